The molecule has 1 aliphatic carbocycles. The normalized spacial score (nSPS) is 13.6. The Morgan fingerprint density at radius 2 is 0.955 bits per heavy atom. The van der Waals surface area contributed by atoms with Gasteiger partial charge in [-0.1, -0.05) is 50.7 Å². The minimum absolute atomic E-state index is 0.318. The molecule has 0 aromatic heterocycles. The van der Waals surface area contributed by atoms with Gasteiger partial charge in [0.25, 0.3) is 0 Å². The van der Waals surface area contributed by atoms with Crippen LogP contribution in [0.2, 0.25) is 0 Å². The first-order valence-corrected chi connectivity index (χ1v) is 7.79. The Kier molecular flexibility index (Phi) is 13.2. The van der Waals surface area contributed by atoms with E-state index in [2.05, 4.69) is 23.1 Å². The highest BCUT2D eigenvalue weighted by Gasteiger charge is 2.07. The summed E-state index contributed by atoms with van der Waals surface area (Å²) in [6.45, 7) is 14.5. The van der Waals surface area contributed by atoms with Crippen molar-refractivity contribution < 1.29 is 0 Å². The number of rotatable bonds is 4. The smallest absolute Gasteiger partial charge is 0.0870 e. The summed E-state index contributed by atoms with van der Waals surface area (Å²) < 4.78 is 0. The van der Waals surface area contributed by atoms with E-state index in [0.29, 0.717) is 0 Å². The highest BCUT2D eigenvalue weighted by atomic mass is 14.8. The van der Waals surface area contributed by atoms with Crippen molar-refractivity contribution in [2.75, 3.05) is 0 Å². The van der Waals surface area contributed by atoms with Gasteiger partial charge in [0.2, 0.25) is 0 Å². The monoisotopic (exact) mass is 304 g/mol. The van der Waals surface area contributed by atoms with E-state index in [4.69, 9.17) is 10.8 Å². The Labute approximate surface area is 136 Å². The topological polar surface area (TPSA) is 72.4 Å². The van der Waals surface area contributed by atoms with E-state index in [-0.39, 0.29) is 11.1 Å². The molecule has 0 atom stereocenters. The Morgan fingerprint density at radius 1 is 0.727 bits per heavy atom. The molecule has 22 heavy (non-hydrogen) atoms. The average molecular weight is 304 g/mol. The van der Waals surface area contributed by atoms with E-state index in [1.54, 1.807) is 12.2 Å². The van der Waals surface area contributed by atoms with Crippen LogP contribution in [0.4, 0.5) is 0 Å². The predicted octanol–water partition coefficient (Wildman–Crippen LogP) is 5.75. The third-order valence-electron chi connectivity index (χ3n) is 3.19. The summed E-state index contributed by atoms with van der Waals surface area (Å²) in [7, 11) is 0. The van der Waals surface area contributed by atoms with E-state index in [9.17, 15) is 0 Å². The summed E-state index contributed by atoms with van der Waals surface area (Å²) >= 11 is 0. The molecule has 0 aromatic carbocycles. The van der Waals surface area contributed by atoms with Crippen molar-refractivity contribution in [2.24, 2.45) is 9.98 Å². The number of nitrogens with one attached hydrogen (secondary N) is 2. The Balaban J connectivity index is 0. The average Bonchev–Trinajstić information content (AvgIpc) is 2.50. The second-order valence-corrected chi connectivity index (χ2v) is 6.28. The number of aliphatic imine (C=N–C) groups is 2. The Bertz CT molecular complexity index is 359. The van der Waals surface area contributed by atoms with Crippen molar-refractivity contribution in [3.63, 3.8) is 0 Å². The first-order chi connectivity index (χ1) is 10.2. The van der Waals surface area contributed by atoms with Crippen molar-refractivity contribution in [3.8, 4) is 0 Å². The van der Waals surface area contributed by atoms with Gasteiger partial charge in [0.15, 0.2) is 0 Å². The second kappa shape index (κ2) is 12.9. The third kappa shape index (κ3) is 16.3. The largest absolute Gasteiger partial charge is 0.242 e. The van der Waals surface area contributed by atoms with Crippen LogP contribution in [0.5, 0.6) is 0 Å². The number of hydrogen-bond acceptors (Lipinski definition) is 4. The van der Waals surface area contributed by atoms with Gasteiger partial charge in [-0.2, -0.15) is 0 Å². The molecule has 0 amide bonds. The molecule has 1 rings (SSSR count). The third-order valence-corrected chi connectivity index (χ3v) is 3.19. The summed E-state index contributed by atoms with van der Waals surface area (Å²) in [5.41, 5.74) is -0.635. The highest BCUT2D eigenvalue weighted by Crippen LogP contribution is 2.15. The van der Waals surface area contributed by atoms with Gasteiger partial charge in [-0.25, -0.2) is 20.8 Å². The molecule has 0 heterocycles. The van der Waals surface area contributed by atoms with Gasteiger partial charge < -0.3 is 0 Å². The maximum Gasteiger partial charge on any atom is 0.0870 e. The molecule has 1 fully saturated rings. The van der Waals surface area contributed by atoms with Crippen molar-refractivity contribution in [1.29, 1.82) is 10.8 Å². The number of nitrogens with zero attached hydrogens (tertiary/aromatic N) is 2. The molecule has 0 aliphatic heterocycles. The molecule has 4 heteroatoms. The van der Waals surface area contributed by atoms with Crippen molar-refractivity contribution >= 4 is 12.0 Å². The zero-order chi connectivity index (χ0) is 17.5. The maximum atomic E-state index is 6.50. The molecule has 0 radical (unpaired) electrons. The van der Waals surface area contributed by atoms with Crippen LogP contribution in [0, 0.1) is 10.8 Å². The van der Waals surface area contributed by atoms with Crippen molar-refractivity contribution in [1.82, 2.24) is 0 Å². The summed E-state index contributed by atoms with van der Waals surface area (Å²) in [6, 6.07) is 3.93. The van der Waals surface area contributed by atoms with Gasteiger partial charge in [-0.05, 0) is 27.7 Å². The van der Waals surface area contributed by atoms with Crippen LogP contribution in [0.25, 0.3) is 0 Å². The summed E-state index contributed by atoms with van der Waals surface area (Å²) in [4.78, 5) is 7.35. The summed E-state index contributed by atoms with van der Waals surface area (Å²) in [6.07, 6.45) is 12.4. The van der Waals surface area contributed by atoms with Gasteiger partial charge in [0.05, 0.1) is 23.1 Å². The van der Waals surface area contributed by atoms with E-state index >= 15 is 0 Å². The van der Waals surface area contributed by atoms with Crippen molar-refractivity contribution in [2.45, 2.75) is 77.3 Å². The highest BCUT2D eigenvalue weighted by molar-refractivity contribution is 5.38. The zero-order valence-electron chi connectivity index (χ0n) is 14.7. The predicted molar refractivity (Wildman–Crippen MR) is 96.6 cm³/mol. The lowest BCUT2D eigenvalue weighted by molar-refractivity contribution is 0.504. The molecule has 0 spiro atoms. The van der Waals surface area contributed by atoms with Gasteiger partial charge >= 0.3 is 0 Å². The molecule has 2 N–H and O–H groups in total. The molecule has 0 aromatic rings. The van der Waals surface area contributed by atoms with Crippen LogP contribution >= 0.6 is 0 Å². The van der Waals surface area contributed by atoms with Gasteiger partial charge in [0, 0.05) is 0 Å². The van der Waals surface area contributed by atoms with Crippen LogP contribution in [0.1, 0.15) is 66.2 Å². The van der Waals surface area contributed by atoms with Crippen molar-refractivity contribution in [3.05, 3.63) is 25.3 Å². The SMILES string of the molecule is C1CCCCC1.C=CC(C)(C)N=C=N.C=CC(C)(C)N=C=N. The minimum Gasteiger partial charge on any atom is -0.242 e. The van der Waals surface area contributed by atoms with E-state index in [0.717, 1.165) is 0 Å². The van der Waals surface area contributed by atoms with Crippen LogP contribution in [-0.2, 0) is 0 Å². The van der Waals surface area contributed by atoms with Crippen LogP contribution < -0.4 is 0 Å². The van der Waals surface area contributed by atoms with E-state index < -0.39 is 0 Å². The molecule has 0 unspecified atom stereocenters. The van der Waals surface area contributed by atoms with Crippen LogP contribution in [0.15, 0.2) is 35.3 Å². The van der Waals surface area contributed by atoms with Gasteiger partial charge in [0.1, 0.15) is 0 Å². The quantitative estimate of drug-likeness (QED) is 0.490. The molecule has 1 aliphatic rings. The lowest BCUT2D eigenvalue weighted by Gasteiger charge is -2.08. The summed E-state index contributed by atoms with van der Waals surface area (Å²) in [5.74, 6) is 0. The Morgan fingerprint density at radius 3 is 1.05 bits per heavy atom. The number of hydrogen-bond donors (Lipinski definition) is 2. The fraction of sp³-hybridized carbons (Fsp3) is 0.667. The first kappa shape index (κ1) is 22.5. The van der Waals surface area contributed by atoms with Gasteiger partial charge in [-0.15, -0.1) is 13.2 Å². The fourth-order valence-electron chi connectivity index (χ4n) is 1.44. The van der Waals surface area contributed by atoms with E-state index in [1.807, 2.05) is 39.7 Å². The molecule has 0 saturated heterocycles. The maximum absolute atomic E-state index is 6.50. The fourth-order valence-corrected chi connectivity index (χ4v) is 1.44. The molecule has 124 valence electrons. The lowest BCUT2D eigenvalue weighted by Crippen LogP contribution is -2.10. The standard InChI is InChI=1S/2C6H10N2.C6H12/c2*1-4-6(2,3)8-5-7;1-2-4-6-5-3-1/h2*4,7H,1H2,2-3H3;1-6H2. The zero-order valence-corrected chi connectivity index (χ0v) is 14.7. The molecular formula is C18H32N4. The first-order valence-electron chi connectivity index (χ1n) is 7.79. The molecular weight excluding hydrogens is 272 g/mol. The minimum atomic E-state index is -0.318. The van der Waals surface area contributed by atoms with Crippen LogP contribution in [0.3, 0.4) is 0 Å². The molecule has 0 bridgehead atoms. The molecule has 1 saturated carbocycles. The molecule has 4 nitrogen and oxygen atoms in total. The lowest BCUT2D eigenvalue weighted by atomic mass is 10.0. The Hall–Kier alpha value is -1.76. The van der Waals surface area contributed by atoms with Crippen LogP contribution in [-0.4, -0.2) is 23.1 Å². The van der Waals surface area contributed by atoms with E-state index in [1.165, 1.54) is 38.5 Å². The van der Waals surface area contributed by atoms with Gasteiger partial charge in [-0.3, -0.25) is 0 Å². The summed E-state index contributed by atoms with van der Waals surface area (Å²) in [5, 5.41) is 13.0. The second-order valence-electron chi connectivity index (χ2n) is 6.28.